The third-order valence-corrected chi connectivity index (χ3v) is 4.88. The first-order valence-corrected chi connectivity index (χ1v) is 10.1. The molecule has 2 aromatic heterocycles. The molecule has 6 nitrogen and oxygen atoms in total. The van der Waals surface area contributed by atoms with Gasteiger partial charge in [0.15, 0.2) is 5.96 Å². The van der Waals surface area contributed by atoms with Crippen molar-refractivity contribution in [2.45, 2.75) is 39.8 Å². The summed E-state index contributed by atoms with van der Waals surface area (Å²) in [6.07, 6.45) is 1.85. The Balaban J connectivity index is 1.61. The molecule has 0 saturated carbocycles. The maximum absolute atomic E-state index is 4.65. The normalized spacial score (nSPS) is 11.8. The van der Waals surface area contributed by atoms with Gasteiger partial charge in [-0.05, 0) is 18.4 Å². The van der Waals surface area contributed by atoms with E-state index in [1.165, 1.54) is 0 Å². The molecule has 2 heterocycles. The van der Waals surface area contributed by atoms with Crippen LogP contribution in [0, 0.1) is 0 Å². The first-order chi connectivity index (χ1) is 13.2. The first kappa shape index (κ1) is 19.1. The van der Waals surface area contributed by atoms with Gasteiger partial charge in [-0.15, -0.1) is 11.3 Å². The number of nitrogens with one attached hydrogen (secondary N) is 3. The minimum absolute atomic E-state index is 0.453. The van der Waals surface area contributed by atoms with E-state index in [9.17, 15) is 0 Å². The Hall–Kier alpha value is -2.67. The average molecular weight is 383 g/mol. The molecule has 0 aliphatic carbocycles. The zero-order chi connectivity index (χ0) is 19.1. The quantitative estimate of drug-likeness (QED) is 0.428. The van der Waals surface area contributed by atoms with Crippen LogP contribution < -0.4 is 10.6 Å². The number of hydrogen-bond donors (Lipinski definition) is 3. The minimum Gasteiger partial charge on any atom is -0.357 e. The number of benzene rings is 1. The topological polar surface area (TPSA) is 78.0 Å². The highest BCUT2D eigenvalue weighted by Crippen LogP contribution is 2.18. The molecule has 0 atom stereocenters. The van der Waals surface area contributed by atoms with Crippen LogP contribution in [0.2, 0.25) is 0 Å². The van der Waals surface area contributed by atoms with E-state index in [-0.39, 0.29) is 0 Å². The Morgan fingerprint density at radius 1 is 1.22 bits per heavy atom. The van der Waals surface area contributed by atoms with E-state index in [1.807, 2.05) is 24.4 Å². The molecule has 3 aromatic rings. The number of guanidine groups is 1. The summed E-state index contributed by atoms with van der Waals surface area (Å²) in [7, 11) is 0. The van der Waals surface area contributed by atoms with Crippen LogP contribution >= 0.6 is 11.3 Å². The Labute approximate surface area is 164 Å². The predicted molar refractivity (Wildman–Crippen MR) is 112 cm³/mol. The van der Waals surface area contributed by atoms with Gasteiger partial charge in [-0.1, -0.05) is 44.2 Å². The van der Waals surface area contributed by atoms with Gasteiger partial charge in [-0.2, -0.15) is 0 Å². The molecular formula is C20H26N6S. The lowest BCUT2D eigenvalue weighted by atomic mass is 10.2. The van der Waals surface area contributed by atoms with Gasteiger partial charge in [0.2, 0.25) is 0 Å². The third-order valence-electron chi connectivity index (χ3n) is 4.01. The van der Waals surface area contributed by atoms with Gasteiger partial charge < -0.3 is 15.6 Å². The van der Waals surface area contributed by atoms with E-state index in [0.717, 1.165) is 40.3 Å². The molecule has 0 amide bonds. The number of imidazole rings is 1. The van der Waals surface area contributed by atoms with Crippen molar-refractivity contribution >= 4 is 17.3 Å². The Bertz CT molecular complexity index is 865. The smallest absolute Gasteiger partial charge is 0.192 e. The van der Waals surface area contributed by atoms with Gasteiger partial charge in [-0.25, -0.2) is 15.0 Å². The second-order valence-corrected chi connectivity index (χ2v) is 7.42. The van der Waals surface area contributed by atoms with Crippen molar-refractivity contribution in [1.82, 2.24) is 25.6 Å². The van der Waals surface area contributed by atoms with Crippen LogP contribution in [0.4, 0.5) is 0 Å². The number of rotatable bonds is 7. The second kappa shape index (κ2) is 9.32. The van der Waals surface area contributed by atoms with Crippen molar-refractivity contribution in [3.63, 3.8) is 0 Å². The molecule has 0 aliphatic rings. The van der Waals surface area contributed by atoms with Crippen molar-refractivity contribution in [2.24, 2.45) is 4.99 Å². The van der Waals surface area contributed by atoms with E-state index < -0.39 is 0 Å². The van der Waals surface area contributed by atoms with Crippen LogP contribution in [0.15, 0.2) is 46.9 Å². The van der Waals surface area contributed by atoms with Crippen LogP contribution in [0.5, 0.6) is 0 Å². The summed E-state index contributed by atoms with van der Waals surface area (Å²) in [5.41, 5.74) is 3.26. The van der Waals surface area contributed by atoms with Gasteiger partial charge in [-0.3, -0.25) is 0 Å². The fraction of sp³-hybridized carbons (Fsp3) is 0.350. The molecule has 0 saturated heterocycles. The Morgan fingerprint density at radius 2 is 2.04 bits per heavy atom. The molecule has 3 rings (SSSR count). The monoisotopic (exact) mass is 382 g/mol. The van der Waals surface area contributed by atoms with E-state index >= 15 is 0 Å². The lowest BCUT2D eigenvalue weighted by Gasteiger charge is -2.09. The van der Waals surface area contributed by atoms with Crippen molar-refractivity contribution < 1.29 is 0 Å². The fourth-order valence-corrected chi connectivity index (χ4v) is 3.43. The van der Waals surface area contributed by atoms with E-state index in [0.29, 0.717) is 19.0 Å². The van der Waals surface area contributed by atoms with Crippen LogP contribution in [-0.4, -0.2) is 27.5 Å². The highest BCUT2D eigenvalue weighted by atomic mass is 32.1. The van der Waals surface area contributed by atoms with Gasteiger partial charge in [0.25, 0.3) is 0 Å². The molecule has 3 N–H and O–H groups in total. The minimum atomic E-state index is 0.453. The standard InChI is InChI=1S/C20H26N6S/c1-4-21-20(24-12-19-26-17(13-27-19)14(2)3)23-11-18-22-10-16(25-18)15-8-6-5-7-9-15/h5-10,13-14H,4,11-12H2,1-3H3,(H,22,25)(H2,21,23,24). The zero-order valence-electron chi connectivity index (χ0n) is 16.0. The summed E-state index contributed by atoms with van der Waals surface area (Å²) in [4.78, 5) is 17.0. The fourth-order valence-electron chi connectivity index (χ4n) is 2.53. The number of nitrogens with zero attached hydrogens (tertiary/aromatic N) is 3. The van der Waals surface area contributed by atoms with Crippen LogP contribution in [0.1, 0.15) is 43.2 Å². The van der Waals surface area contributed by atoms with Gasteiger partial charge in [0.1, 0.15) is 17.4 Å². The van der Waals surface area contributed by atoms with E-state index in [4.69, 9.17) is 0 Å². The third kappa shape index (κ3) is 5.40. The van der Waals surface area contributed by atoms with E-state index in [1.54, 1.807) is 11.3 Å². The van der Waals surface area contributed by atoms with E-state index in [2.05, 4.69) is 68.9 Å². The number of aliphatic imine (C=N–C) groups is 1. The highest BCUT2D eigenvalue weighted by molar-refractivity contribution is 7.09. The summed E-state index contributed by atoms with van der Waals surface area (Å²) in [5, 5.41) is 9.80. The molecule has 0 fully saturated rings. The molecule has 0 unspecified atom stereocenters. The zero-order valence-corrected chi connectivity index (χ0v) is 16.8. The molecule has 0 spiro atoms. The van der Waals surface area contributed by atoms with Crippen molar-refractivity contribution in [2.75, 3.05) is 6.54 Å². The lowest BCUT2D eigenvalue weighted by Crippen LogP contribution is -2.36. The summed E-state index contributed by atoms with van der Waals surface area (Å²) in [6, 6.07) is 10.2. The van der Waals surface area contributed by atoms with Crippen molar-refractivity contribution in [3.05, 3.63) is 58.4 Å². The Kier molecular flexibility index (Phi) is 6.59. The summed E-state index contributed by atoms with van der Waals surface area (Å²) in [5.74, 6) is 2.05. The number of aromatic amines is 1. The summed E-state index contributed by atoms with van der Waals surface area (Å²) in [6.45, 7) is 8.32. The van der Waals surface area contributed by atoms with Crippen molar-refractivity contribution in [1.29, 1.82) is 0 Å². The molecule has 27 heavy (non-hydrogen) atoms. The van der Waals surface area contributed by atoms with Crippen LogP contribution in [0.3, 0.4) is 0 Å². The second-order valence-electron chi connectivity index (χ2n) is 6.48. The number of thiazole rings is 1. The molecular weight excluding hydrogens is 356 g/mol. The van der Waals surface area contributed by atoms with Gasteiger partial charge in [0, 0.05) is 11.9 Å². The molecule has 7 heteroatoms. The van der Waals surface area contributed by atoms with Gasteiger partial charge in [0.05, 0.1) is 24.1 Å². The van der Waals surface area contributed by atoms with Crippen LogP contribution in [0.25, 0.3) is 11.3 Å². The number of H-pyrrole nitrogens is 1. The summed E-state index contributed by atoms with van der Waals surface area (Å²) < 4.78 is 0. The predicted octanol–water partition coefficient (Wildman–Crippen LogP) is 3.91. The summed E-state index contributed by atoms with van der Waals surface area (Å²) >= 11 is 1.68. The molecule has 0 radical (unpaired) electrons. The van der Waals surface area contributed by atoms with Crippen molar-refractivity contribution in [3.8, 4) is 11.3 Å². The molecule has 1 aromatic carbocycles. The average Bonchev–Trinajstić information content (AvgIpc) is 3.34. The molecule has 0 aliphatic heterocycles. The molecule has 0 bridgehead atoms. The SMILES string of the molecule is CCNC(=NCc1ncc(-c2ccccc2)[nH]1)NCc1nc(C(C)C)cs1. The Morgan fingerprint density at radius 3 is 2.74 bits per heavy atom. The number of hydrogen-bond acceptors (Lipinski definition) is 4. The largest absolute Gasteiger partial charge is 0.357 e. The maximum Gasteiger partial charge on any atom is 0.192 e. The highest BCUT2D eigenvalue weighted by Gasteiger charge is 2.07. The van der Waals surface area contributed by atoms with Gasteiger partial charge >= 0.3 is 0 Å². The number of aromatic nitrogens is 3. The molecule has 142 valence electrons. The lowest BCUT2D eigenvalue weighted by molar-refractivity contribution is 0.784. The maximum atomic E-state index is 4.65. The van der Waals surface area contributed by atoms with Crippen LogP contribution in [-0.2, 0) is 13.1 Å². The first-order valence-electron chi connectivity index (χ1n) is 9.21.